The number of pyridine rings is 1. The second-order valence-corrected chi connectivity index (χ2v) is 11.5. The minimum Gasteiger partial charge on any atom is -0.434 e. The molecule has 0 bridgehead atoms. The van der Waals surface area contributed by atoms with Crippen molar-refractivity contribution in [1.29, 1.82) is 0 Å². The van der Waals surface area contributed by atoms with Crippen molar-refractivity contribution in [3.05, 3.63) is 78.8 Å². The first-order valence-corrected chi connectivity index (χ1v) is 14.3. The highest BCUT2D eigenvalue weighted by Gasteiger charge is 2.21. The van der Waals surface area contributed by atoms with Crippen LogP contribution in [0.1, 0.15) is 38.9 Å². The van der Waals surface area contributed by atoms with Crippen LogP contribution >= 0.6 is 0 Å². The first-order chi connectivity index (χ1) is 19.1. The molecule has 0 saturated carbocycles. The fraction of sp³-hybridized carbons (Fsp3) is 0.321. The lowest BCUT2D eigenvalue weighted by Gasteiger charge is -2.28. The number of carbonyl (C=O) groups is 1. The van der Waals surface area contributed by atoms with Crippen LogP contribution < -0.4 is 14.8 Å². The molecule has 0 saturated heterocycles. The predicted molar refractivity (Wildman–Crippen MR) is 151 cm³/mol. The molecule has 1 atom stereocenters. The van der Waals surface area contributed by atoms with Crippen LogP contribution in [-0.2, 0) is 21.3 Å². The highest BCUT2D eigenvalue weighted by Crippen LogP contribution is 2.23. The van der Waals surface area contributed by atoms with Crippen LogP contribution in [0.15, 0.2) is 78.1 Å². The molecule has 0 aliphatic heterocycles. The molecule has 212 valence electrons. The quantitative estimate of drug-likeness (QED) is 0.214. The number of β-amino-alcohol motifs (C(OH)–C–C–N with tert-alkyl or cyclic N) is 1. The zero-order valence-corrected chi connectivity index (χ0v) is 23.4. The van der Waals surface area contributed by atoms with Crippen LogP contribution in [0.2, 0.25) is 0 Å². The normalized spacial score (nSPS) is 12.7. The molecule has 0 spiro atoms. The second-order valence-electron chi connectivity index (χ2n) is 9.81. The van der Waals surface area contributed by atoms with E-state index >= 15 is 0 Å². The van der Waals surface area contributed by atoms with Crippen LogP contribution in [0.3, 0.4) is 0 Å². The van der Waals surface area contributed by atoms with E-state index < -0.39 is 22.3 Å². The zero-order valence-electron chi connectivity index (χ0n) is 22.6. The van der Waals surface area contributed by atoms with Gasteiger partial charge in [-0.25, -0.2) is 23.2 Å². The van der Waals surface area contributed by atoms with Gasteiger partial charge in [0.1, 0.15) is 0 Å². The van der Waals surface area contributed by atoms with E-state index in [2.05, 4.69) is 20.0 Å². The Morgan fingerprint density at radius 1 is 1.10 bits per heavy atom. The van der Waals surface area contributed by atoms with Gasteiger partial charge in [-0.15, -0.1) is 0 Å². The number of rotatable bonds is 12. The summed E-state index contributed by atoms with van der Waals surface area (Å²) in [5.41, 5.74) is 2.05. The summed E-state index contributed by atoms with van der Waals surface area (Å²) in [6.07, 6.45) is 2.34. The summed E-state index contributed by atoms with van der Waals surface area (Å²) in [7, 11) is -3.73. The molecule has 2 aromatic heterocycles. The standard InChI is InChI=1S/C28H33N5O6S/c1-4-38-27(35)39-26-16-23-24(17-29-26)33(19-30-23)14-13-28(2,3)31-18-25(34)20-9-8-10-21(15-20)32-40(36,37)22-11-6-5-7-12-22/h5-12,15-17,19,25,31-32,34H,4,13-14,18H2,1-3H3/t25-/m0/s1. The van der Waals surface area contributed by atoms with Gasteiger partial charge in [0.25, 0.3) is 10.0 Å². The number of fused-ring (bicyclic) bond motifs is 1. The Balaban J connectivity index is 1.33. The molecular weight excluding hydrogens is 534 g/mol. The van der Waals surface area contributed by atoms with Crippen LogP contribution in [0.4, 0.5) is 10.5 Å². The largest absolute Gasteiger partial charge is 0.515 e. The van der Waals surface area contributed by atoms with E-state index in [1.54, 1.807) is 68.0 Å². The van der Waals surface area contributed by atoms with Crippen molar-refractivity contribution in [3.8, 4) is 5.88 Å². The highest BCUT2D eigenvalue weighted by molar-refractivity contribution is 7.92. The lowest BCUT2D eigenvalue weighted by atomic mass is 9.99. The van der Waals surface area contributed by atoms with E-state index in [1.165, 1.54) is 12.1 Å². The zero-order chi connectivity index (χ0) is 28.8. The number of benzene rings is 2. The minimum absolute atomic E-state index is 0.115. The van der Waals surface area contributed by atoms with Gasteiger partial charge in [0.15, 0.2) is 0 Å². The maximum Gasteiger partial charge on any atom is 0.515 e. The van der Waals surface area contributed by atoms with Gasteiger partial charge in [0, 0.05) is 30.4 Å². The summed E-state index contributed by atoms with van der Waals surface area (Å²) < 4.78 is 39.6. The number of hydrogen-bond acceptors (Lipinski definition) is 9. The van der Waals surface area contributed by atoms with Crippen LogP contribution in [-0.4, -0.2) is 52.9 Å². The van der Waals surface area contributed by atoms with Crippen LogP contribution in [0.25, 0.3) is 11.0 Å². The third-order valence-electron chi connectivity index (χ3n) is 6.26. The molecule has 40 heavy (non-hydrogen) atoms. The second kappa shape index (κ2) is 12.5. The van der Waals surface area contributed by atoms with E-state index in [9.17, 15) is 18.3 Å². The highest BCUT2D eigenvalue weighted by atomic mass is 32.2. The lowest BCUT2D eigenvalue weighted by molar-refractivity contribution is 0.103. The lowest BCUT2D eigenvalue weighted by Crippen LogP contribution is -2.42. The molecule has 2 aromatic carbocycles. The summed E-state index contributed by atoms with van der Waals surface area (Å²) >= 11 is 0. The van der Waals surface area contributed by atoms with Gasteiger partial charge in [-0.3, -0.25) is 4.72 Å². The van der Waals surface area contributed by atoms with E-state index in [4.69, 9.17) is 9.47 Å². The Labute approximate surface area is 233 Å². The number of nitrogens with one attached hydrogen (secondary N) is 2. The van der Waals surface area contributed by atoms with Crippen LogP contribution in [0, 0.1) is 0 Å². The van der Waals surface area contributed by atoms with Crippen LogP contribution in [0.5, 0.6) is 5.88 Å². The number of aryl methyl sites for hydroxylation is 1. The molecule has 4 rings (SSSR count). The molecule has 2 heterocycles. The molecule has 0 radical (unpaired) electrons. The molecule has 0 fully saturated rings. The summed E-state index contributed by atoms with van der Waals surface area (Å²) in [5.74, 6) is 0.115. The Morgan fingerprint density at radius 2 is 1.88 bits per heavy atom. The van der Waals surface area contributed by atoms with Crippen molar-refractivity contribution in [3.63, 3.8) is 0 Å². The number of carbonyl (C=O) groups excluding carboxylic acids is 1. The van der Waals surface area contributed by atoms with E-state index in [0.717, 1.165) is 5.52 Å². The first-order valence-electron chi connectivity index (χ1n) is 12.8. The van der Waals surface area contributed by atoms with Crippen molar-refractivity contribution >= 4 is 32.9 Å². The van der Waals surface area contributed by atoms with Crippen molar-refractivity contribution in [2.75, 3.05) is 17.9 Å². The van der Waals surface area contributed by atoms with Gasteiger partial charge in [-0.1, -0.05) is 30.3 Å². The van der Waals surface area contributed by atoms with Crippen molar-refractivity contribution in [2.45, 2.75) is 50.3 Å². The van der Waals surface area contributed by atoms with Crippen molar-refractivity contribution < 1.29 is 27.8 Å². The third kappa shape index (κ3) is 7.56. The number of sulfonamides is 1. The maximum atomic E-state index is 12.7. The molecule has 0 aliphatic rings. The number of hydrogen-bond donors (Lipinski definition) is 3. The molecule has 11 nitrogen and oxygen atoms in total. The molecule has 0 amide bonds. The van der Waals surface area contributed by atoms with Gasteiger partial charge >= 0.3 is 6.16 Å². The van der Waals surface area contributed by atoms with Gasteiger partial charge < -0.3 is 24.5 Å². The summed E-state index contributed by atoms with van der Waals surface area (Å²) in [6, 6.07) is 16.4. The first kappa shape index (κ1) is 29.0. The van der Waals surface area contributed by atoms with Gasteiger partial charge in [0.05, 0.1) is 41.2 Å². The molecule has 12 heteroatoms. The van der Waals surface area contributed by atoms with Gasteiger partial charge in [0.2, 0.25) is 5.88 Å². The van der Waals surface area contributed by atoms with E-state index in [1.807, 2.05) is 18.4 Å². The smallest absolute Gasteiger partial charge is 0.434 e. The number of imidazole rings is 1. The van der Waals surface area contributed by atoms with E-state index in [-0.39, 0.29) is 29.5 Å². The van der Waals surface area contributed by atoms with Crippen molar-refractivity contribution in [1.82, 2.24) is 19.9 Å². The maximum absolute atomic E-state index is 12.7. The SMILES string of the molecule is CCOC(=O)Oc1cc2ncn(CCC(C)(C)NC[C@H](O)c3cccc(NS(=O)(=O)c4ccccc4)c3)c2cn1. The number of aliphatic hydroxyl groups excluding tert-OH is 1. The number of ether oxygens (including phenoxy) is 2. The number of nitrogens with zero attached hydrogens (tertiary/aromatic N) is 3. The Bertz CT molecular complexity index is 1560. The fourth-order valence-corrected chi connectivity index (χ4v) is 5.08. The number of aliphatic hydroxyl groups is 1. The summed E-state index contributed by atoms with van der Waals surface area (Å²) in [5, 5.41) is 14.2. The summed E-state index contributed by atoms with van der Waals surface area (Å²) in [4.78, 5) is 20.2. The summed E-state index contributed by atoms with van der Waals surface area (Å²) in [6.45, 7) is 6.86. The Hall–Kier alpha value is -4.00. The van der Waals surface area contributed by atoms with Gasteiger partial charge in [-0.2, -0.15) is 0 Å². The minimum atomic E-state index is -3.73. The molecular formula is C28H33N5O6S. The monoisotopic (exact) mass is 567 g/mol. The van der Waals surface area contributed by atoms with E-state index in [0.29, 0.717) is 29.7 Å². The molecule has 3 N–H and O–H groups in total. The molecule has 4 aromatic rings. The number of anilines is 1. The molecule has 0 aliphatic carbocycles. The average Bonchev–Trinajstić information content (AvgIpc) is 3.33. The third-order valence-corrected chi connectivity index (χ3v) is 7.66. The molecule has 0 unspecified atom stereocenters. The topological polar surface area (TPSA) is 145 Å². The predicted octanol–water partition coefficient (Wildman–Crippen LogP) is 4.26. The fourth-order valence-electron chi connectivity index (χ4n) is 4.01. The van der Waals surface area contributed by atoms with Gasteiger partial charge in [-0.05, 0) is 57.0 Å². The Morgan fingerprint density at radius 3 is 2.62 bits per heavy atom. The number of aromatic nitrogens is 3. The average molecular weight is 568 g/mol. The Kier molecular flexibility index (Phi) is 9.03. The van der Waals surface area contributed by atoms with Crippen molar-refractivity contribution in [2.24, 2.45) is 0 Å².